The van der Waals surface area contributed by atoms with Gasteiger partial charge in [-0.3, -0.25) is 4.84 Å². The van der Waals surface area contributed by atoms with Crippen LogP contribution >= 0.6 is 0 Å². The normalized spacial score (nSPS) is 17.9. The summed E-state index contributed by atoms with van der Waals surface area (Å²) >= 11 is 0. The van der Waals surface area contributed by atoms with Crippen LogP contribution in [0, 0.1) is 5.41 Å². The predicted octanol–water partition coefficient (Wildman–Crippen LogP) is 1.49. The van der Waals surface area contributed by atoms with Crippen molar-refractivity contribution >= 4 is 0 Å². The third-order valence-electron chi connectivity index (χ3n) is 2.69. The van der Waals surface area contributed by atoms with Crippen molar-refractivity contribution in [3.8, 4) is 5.75 Å². The lowest BCUT2D eigenvalue weighted by atomic mass is 9.90. The van der Waals surface area contributed by atoms with Crippen LogP contribution in [0.2, 0.25) is 0 Å². The Morgan fingerprint density at radius 2 is 2.12 bits per heavy atom. The van der Waals surface area contributed by atoms with E-state index >= 15 is 0 Å². The monoisotopic (exact) mass is 223 g/mol. The van der Waals surface area contributed by atoms with Crippen molar-refractivity contribution in [2.45, 2.75) is 13.5 Å². The molecule has 4 nitrogen and oxygen atoms in total. The van der Waals surface area contributed by atoms with Crippen LogP contribution in [0.25, 0.3) is 0 Å². The lowest BCUT2D eigenvalue weighted by Gasteiger charge is -2.37. The molecule has 1 aliphatic heterocycles. The largest absolute Gasteiger partial charge is 0.492 e. The highest BCUT2D eigenvalue weighted by atomic mass is 16.6. The number of para-hydroxylation sites is 1. The number of benzene rings is 1. The SMILES string of the molecule is CC1(COc2ccccc2CON)COC1. The number of ether oxygens (including phenoxy) is 2. The summed E-state index contributed by atoms with van der Waals surface area (Å²) in [6, 6.07) is 7.75. The molecule has 0 saturated carbocycles. The summed E-state index contributed by atoms with van der Waals surface area (Å²) in [5, 5.41) is 0. The Hall–Kier alpha value is -1.10. The Balaban J connectivity index is 1.97. The first-order valence-corrected chi connectivity index (χ1v) is 5.34. The molecule has 2 N–H and O–H groups in total. The van der Waals surface area contributed by atoms with Crippen LogP contribution in [0.5, 0.6) is 5.75 Å². The van der Waals surface area contributed by atoms with Crippen LogP contribution in [0.15, 0.2) is 24.3 Å². The Morgan fingerprint density at radius 1 is 1.38 bits per heavy atom. The molecular weight excluding hydrogens is 206 g/mol. The molecule has 4 heteroatoms. The summed E-state index contributed by atoms with van der Waals surface area (Å²) < 4.78 is 11.0. The Morgan fingerprint density at radius 3 is 2.75 bits per heavy atom. The van der Waals surface area contributed by atoms with E-state index < -0.39 is 0 Å². The fraction of sp³-hybridized carbons (Fsp3) is 0.500. The zero-order valence-electron chi connectivity index (χ0n) is 9.44. The van der Waals surface area contributed by atoms with Gasteiger partial charge in [0.1, 0.15) is 5.75 Å². The van der Waals surface area contributed by atoms with E-state index in [0.717, 1.165) is 24.5 Å². The Kier molecular flexibility index (Phi) is 3.43. The zero-order chi connectivity index (χ0) is 11.4. The molecule has 0 aromatic heterocycles. The van der Waals surface area contributed by atoms with E-state index in [-0.39, 0.29) is 5.41 Å². The molecule has 0 amide bonds. The van der Waals surface area contributed by atoms with Crippen molar-refractivity contribution in [2.24, 2.45) is 11.3 Å². The zero-order valence-corrected chi connectivity index (χ0v) is 9.44. The maximum atomic E-state index is 5.78. The summed E-state index contributed by atoms with van der Waals surface area (Å²) in [4.78, 5) is 4.64. The van der Waals surface area contributed by atoms with E-state index in [4.69, 9.17) is 15.4 Å². The molecule has 1 aliphatic rings. The summed E-state index contributed by atoms with van der Waals surface area (Å²) in [6.07, 6.45) is 0. The predicted molar refractivity (Wildman–Crippen MR) is 59.8 cm³/mol. The average Bonchev–Trinajstić information content (AvgIpc) is 2.26. The van der Waals surface area contributed by atoms with Gasteiger partial charge in [-0.2, -0.15) is 0 Å². The van der Waals surface area contributed by atoms with Crippen molar-refractivity contribution in [3.05, 3.63) is 29.8 Å². The second-order valence-corrected chi connectivity index (χ2v) is 4.51. The van der Waals surface area contributed by atoms with Crippen molar-refractivity contribution < 1.29 is 14.3 Å². The standard InChI is InChI=1S/C12H17NO3/c1-12(7-14-8-12)9-15-11-5-3-2-4-10(11)6-16-13/h2-5H,6-9,13H2,1H3. The van der Waals surface area contributed by atoms with E-state index in [0.29, 0.717) is 13.2 Å². The molecule has 0 spiro atoms. The van der Waals surface area contributed by atoms with Crippen LogP contribution in [0.4, 0.5) is 0 Å². The minimum Gasteiger partial charge on any atom is -0.492 e. The minimum absolute atomic E-state index is 0.149. The maximum Gasteiger partial charge on any atom is 0.124 e. The quantitative estimate of drug-likeness (QED) is 0.768. The molecule has 2 rings (SSSR count). The molecule has 0 unspecified atom stereocenters. The molecule has 1 saturated heterocycles. The molecule has 1 aromatic rings. The highest BCUT2D eigenvalue weighted by Gasteiger charge is 2.34. The van der Waals surface area contributed by atoms with E-state index in [1.54, 1.807) is 0 Å². The van der Waals surface area contributed by atoms with Crippen molar-refractivity contribution in [1.82, 2.24) is 0 Å². The highest BCUT2D eigenvalue weighted by Crippen LogP contribution is 2.28. The minimum atomic E-state index is 0.149. The van der Waals surface area contributed by atoms with E-state index in [1.165, 1.54) is 0 Å². The van der Waals surface area contributed by atoms with Gasteiger partial charge in [0.15, 0.2) is 0 Å². The molecular formula is C12H17NO3. The number of hydrogen-bond donors (Lipinski definition) is 1. The lowest BCUT2D eigenvalue weighted by molar-refractivity contribution is -0.120. The van der Waals surface area contributed by atoms with Gasteiger partial charge in [0.05, 0.1) is 26.4 Å². The molecule has 1 heterocycles. The summed E-state index contributed by atoms with van der Waals surface area (Å²) in [5.41, 5.74) is 1.12. The second kappa shape index (κ2) is 4.82. The summed E-state index contributed by atoms with van der Waals surface area (Å²) in [6.45, 7) is 4.71. The third kappa shape index (κ3) is 2.52. The van der Waals surface area contributed by atoms with Crippen LogP contribution in [0.1, 0.15) is 12.5 Å². The first-order valence-electron chi connectivity index (χ1n) is 5.34. The highest BCUT2D eigenvalue weighted by molar-refractivity contribution is 5.32. The van der Waals surface area contributed by atoms with Gasteiger partial charge in [-0.15, -0.1) is 0 Å². The van der Waals surface area contributed by atoms with Crippen LogP contribution in [0.3, 0.4) is 0 Å². The molecule has 1 fully saturated rings. The molecule has 0 aliphatic carbocycles. The summed E-state index contributed by atoms with van der Waals surface area (Å²) in [7, 11) is 0. The average molecular weight is 223 g/mol. The first-order chi connectivity index (χ1) is 7.73. The fourth-order valence-corrected chi connectivity index (χ4v) is 1.64. The maximum absolute atomic E-state index is 5.78. The van der Waals surface area contributed by atoms with Gasteiger partial charge in [-0.05, 0) is 6.07 Å². The van der Waals surface area contributed by atoms with Crippen molar-refractivity contribution in [1.29, 1.82) is 0 Å². The van der Waals surface area contributed by atoms with Crippen molar-refractivity contribution in [2.75, 3.05) is 19.8 Å². The fourth-order valence-electron chi connectivity index (χ4n) is 1.64. The van der Waals surface area contributed by atoms with Gasteiger partial charge in [0.2, 0.25) is 0 Å². The van der Waals surface area contributed by atoms with Gasteiger partial charge < -0.3 is 9.47 Å². The molecule has 16 heavy (non-hydrogen) atoms. The van der Waals surface area contributed by atoms with E-state index in [9.17, 15) is 0 Å². The lowest BCUT2D eigenvalue weighted by Crippen LogP contribution is -2.44. The number of nitrogens with two attached hydrogens (primary N) is 1. The molecule has 88 valence electrons. The second-order valence-electron chi connectivity index (χ2n) is 4.51. The molecule has 0 bridgehead atoms. The van der Waals surface area contributed by atoms with E-state index in [1.807, 2.05) is 24.3 Å². The van der Waals surface area contributed by atoms with Gasteiger partial charge in [-0.1, -0.05) is 25.1 Å². The van der Waals surface area contributed by atoms with Gasteiger partial charge in [0.25, 0.3) is 0 Å². The van der Waals surface area contributed by atoms with Crippen LogP contribution in [-0.4, -0.2) is 19.8 Å². The summed E-state index contributed by atoms with van der Waals surface area (Å²) in [5.74, 6) is 5.91. The van der Waals surface area contributed by atoms with Crippen LogP contribution < -0.4 is 10.6 Å². The Bertz CT molecular complexity index is 350. The van der Waals surface area contributed by atoms with Crippen LogP contribution in [-0.2, 0) is 16.2 Å². The van der Waals surface area contributed by atoms with Gasteiger partial charge in [0, 0.05) is 11.0 Å². The first kappa shape index (κ1) is 11.4. The smallest absolute Gasteiger partial charge is 0.124 e. The molecule has 0 atom stereocenters. The number of rotatable bonds is 5. The third-order valence-corrected chi connectivity index (χ3v) is 2.69. The Labute approximate surface area is 95.2 Å². The van der Waals surface area contributed by atoms with Crippen molar-refractivity contribution in [3.63, 3.8) is 0 Å². The van der Waals surface area contributed by atoms with Gasteiger partial charge >= 0.3 is 0 Å². The topological polar surface area (TPSA) is 53.7 Å². The van der Waals surface area contributed by atoms with E-state index in [2.05, 4.69) is 11.8 Å². The number of hydrogen-bond acceptors (Lipinski definition) is 4. The molecule has 0 radical (unpaired) electrons. The molecule has 1 aromatic carbocycles. The van der Waals surface area contributed by atoms with Gasteiger partial charge in [-0.25, -0.2) is 5.90 Å².